The van der Waals surface area contributed by atoms with Gasteiger partial charge in [0.15, 0.2) is 12.4 Å². The molecule has 3 aromatic rings. The van der Waals surface area contributed by atoms with Crippen molar-refractivity contribution in [2.75, 3.05) is 11.9 Å². The molecule has 0 saturated heterocycles. The van der Waals surface area contributed by atoms with Crippen LogP contribution in [-0.2, 0) is 20.7 Å². The largest absolute Gasteiger partial charge is 0.455 e. The summed E-state index contributed by atoms with van der Waals surface area (Å²) in [5.41, 5.74) is 1.25. The Bertz CT molecular complexity index is 942. The molecule has 0 unspecified atom stereocenters. The molecule has 0 aliphatic carbocycles. The highest BCUT2D eigenvalue weighted by Gasteiger charge is 2.11. The number of ether oxygens (including phenoxy) is 2. The Labute approximate surface area is 167 Å². The molecule has 0 aliphatic heterocycles. The van der Waals surface area contributed by atoms with Crippen LogP contribution in [0.1, 0.15) is 5.56 Å². The third-order valence-corrected chi connectivity index (χ3v) is 4.01. The predicted molar refractivity (Wildman–Crippen MR) is 108 cm³/mol. The normalized spacial score (nSPS) is 10.2. The standard InChI is InChI=1S/C22H18ClNO4/c23-17-12-10-16(11-13-17)14-22(26)27-15-21(25)24-19-8-4-5-9-20(19)28-18-6-2-1-3-7-18/h1-13H,14-15H2,(H,24,25). The molecule has 0 spiro atoms. The molecule has 0 heterocycles. The second kappa shape index (κ2) is 9.58. The van der Waals surface area contributed by atoms with Crippen LogP contribution in [0.25, 0.3) is 0 Å². The fraction of sp³-hybridized carbons (Fsp3) is 0.0909. The third-order valence-electron chi connectivity index (χ3n) is 3.76. The highest BCUT2D eigenvalue weighted by atomic mass is 35.5. The average Bonchev–Trinajstić information content (AvgIpc) is 2.70. The molecular weight excluding hydrogens is 378 g/mol. The number of rotatable bonds is 7. The Morgan fingerprint density at radius 3 is 2.29 bits per heavy atom. The summed E-state index contributed by atoms with van der Waals surface area (Å²) >= 11 is 5.81. The van der Waals surface area contributed by atoms with Crippen LogP contribution >= 0.6 is 11.6 Å². The van der Waals surface area contributed by atoms with Gasteiger partial charge in [-0.15, -0.1) is 0 Å². The van der Waals surface area contributed by atoms with Gasteiger partial charge in [0.1, 0.15) is 5.75 Å². The van der Waals surface area contributed by atoms with E-state index in [1.54, 1.807) is 48.5 Å². The minimum absolute atomic E-state index is 0.0676. The monoisotopic (exact) mass is 395 g/mol. The smallest absolute Gasteiger partial charge is 0.310 e. The molecule has 0 saturated carbocycles. The summed E-state index contributed by atoms with van der Waals surface area (Å²) in [6, 6.07) is 23.1. The lowest BCUT2D eigenvalue weighted by Gasteiger charge is -2.12. The van der Waals surface area contributed by atoms with Crippen molar-refractivity contribution in [3.63, 3.8) is 0 Å². The van der Waals surface area contributed by atoms with E-state index in [-0.39, 0.29) is 13.0 Å². The van der Waals surface area contributed by atoms with Gasteiger partial charge in [0.25, 0.3) is 5.91 Å². The van der Waals surface area contributed by atoms with Crippen molar-refractivity contribution >= 4 is 29.2 Å². The second-order valence-corrected chi connectivity index (χ2v) is 6.36. The first-order chi connectivity index (χ1) is 13.6. The van der Waals surface area contributed by atoms with Gasteiger partial charge < -0.3 is 14.8 Å². The summed E-state index contributed by atoms with van der Waals surface area (Å²) in [5, 5.41) is 3.29. The maximum atomic E-state index is 12.2. The SMILES string of the molecule is O=C(COC(=O)Cc1ccc(Cl)cc1)Nc1ccccc1Oc1ccccc1. The van der Waals surface area contributed by atoms with E-state index in [2.05, 4.69) is 5.32 Å². The number of anilines is 1. The van der Waals surface area contributed by atoms with Gasteiger partial charge in [-0.3, -0.25) is 9.59 Å². The fourth-order valence-electron chi connectivity index (χ4n) is 2.43. The van der Waals surface area contributed by atoms with Crippen LogP contribution in [0, 0.1) is 0 Å². The number of para-hydroxylation sites is 3. The Hall–Kier alpha value is -3.31. The summed E-state index contributed by atoms with van der Waals surface area (Å²) < 4.78 is 10.8. The topological polar surface area (TPSA) is 64.6 Å². The molecule has 1 N–H and O–H groups in total. The maximum absolute atomic E-state index is 12.2. The van der Waals surface area contributed by atoms with Gasteiger partial charge in [-0.1, -0.05) is 54.1 Å². The minimum Gasteiger partial charge on any atom is -0.455 e. The molecule has 28 heavy (non-hydrogen) atoms. The van der Waals surface area contributed by atoms with Crippen LogP contribution in [0.4, 0.5) is 5.69 Å². The second-order valence-electron chi connectivity index (χ2n) is 5.92. The van der Waals surface area contributed by atoms with E-state index in [1.165, 1.54) is 0 Å². The van der Waals surface area contributed by atoms with Crippen molar-refractivity contribution < 1.29 is 19.1 Å². The molecule has 0 aromatic heterocycles. The lowest BCUT2D eigenvalue weighted by Crippen LogP contribution is -2.21. The van der Waals surface area contributed by atoms with Gasteiger partial charge >= 0.3 is 5.97 Å². The quantitative estimate of drug-likeness (QED) is 0.580. The highest BCUT2D eigenvalue weighted by Crippen LogP contribution is 2.29. The van der Waals surface area contributed by atoms with Crippen molar-refractivity contribution in [2.45, 2.75) is 6.42 Å². The van der Waals surface area contributed by atoms with Crippen LogP contribution < -0.4 is 10.1 Å². The number of amides is 1. The molecule has 0 fully saturated rings. The molecule has 3 aromatic carbocycles. The number of carbonyl (C=O) groups is 2. The number of esters is 1. The van der Waals surface area contributed by atoms with Gasteiger partial charge in [0, 0.05) is 5.02 Å². The summed E-state index contributed by atoms with van der Waals surface area (Å²) in [4.78, 5) is 24.1. The zero-order valence-electron chi connectivity index (χ0n) is 14.9. The zero-order valence-corrected chi connectivity index (χ0v) is 15.7. The van der Waals surface area contributed by atoms with E-state index in [1.807, 2.05) is 30.3 Å². The van der Waals surface area contributed by atoms with E-state index in [0.717, 1.165) is 5.56 Å². The first kappa shape index (κ1) is 19.5. The molecule has 0 bridgehead atoms. The van der Waals surface area contributed by atoms with Gasteiger partial charge in [0.2, 0.25) is 0 Å². The number of benzene rings is 3. The Kier molecular flexibility index (Phi) is 6.65. The van der Waals surface area contributed by atoms with E-state index in [9.17, 15) is 9.59 Å². The van der Waals surface area contributed by atoms with Crippen LogP contribution in [0.3, 0.4) is 0 Å². The number of hydrogen-bond donors (Lipinski definition) is 1. The number of hydrogen-bond acceptors (Lipinski definition) is 4. The molecule has 0 radical (unpaired) electrons. The van der Waals surface area contributed by atoms with Crippen LogP contribution in [0.2, 0.25) is 5.02 Å². The Morgan fingerprint density at radius 2 is 1.54 bits per heavy atom. The first-order valence-corrected chi connectivity index (χ1v) is 9.00. The van der Waals surface area contributed by atoms with Crippen LogP contribution in [0.15, 0.2) is 78.9 Å². The number of nitrogens with one attached hydrogen (secondary N) is 1. The summed E-state index contributed by atoms with van der Waals surface area (Å²) in [5.74, 6) is 0.202. The van der Waals surface area contributed by atoms with E-state index in [4.69, 9.17) is 21.1 Å². The van der Waals surface area contributed by atoms with Crippen molar-refractivity contribution in [3.8, 4) is 11.5 Å². The van der Waals surface area contributed by atoms with E-state index >= 15 is 0 Å². The molecule has 6 heteroatoms. The molecular formula is C22H18ClNO4. The number of carbonyl (C=O) groups excluding carboxylic acids is 2. The predicted octanol–water partition coefficient (Wildman–Crippen LogP) is 4.86. The first-order valence-electron chi connectivity index (χ1n) is 8.62. The highest BCUT2D eigenvalue weighted by molar-refractivity contribution is 6.30. The molecule has 1 amide bonds. The van der Waals surface area contributed by atoms with E-state index < -0.39 is 11.9 Å². The zero-order chi connectivity index (χ0) is 19.8. The van der Waals surface area contributed by atoms with Crippen molar-refractivity contribution in [1.29, 1.82) is 0 Å². The summed E-state index contributed by atoms with van der Waals surface area (Å²) in [6.45, 7) is -0.383. The Morgan fingerprint density at radius 1 is 0.857 bits per heavy atom. The summed E-state index contributed by atoms with van der Waals surface area (Å²) in [7, 11) is 0. The number of halogens is 1. The average molecular weight is 396 g/mol. The Balaban J connectivity index is 1.53. The van der Waals surface area contributed by atoms with Crippen molar-refractivity contribution in [3.05, 3.63) is 89.4 Å². The molecule has 142 valence electrons. The van der Waals surface area contributed by atoms with Gasteiger partial charge in [-0.05, 0) is 42.0 Å². The van der Waals surface area contributed by atoms with Gasteiger partial charge in [0.05, 0.1) is 12.1 Å². The summed E-state index contributed by atoms with van der Waals surface area (Å²) in [6.07, 6.45) is 0.0676. The lowest BCUT2D eigenvalue weighted by atomic mass is 10.1. The third kappa shape index (κ3) is 5.86. The van der Waals surface area contributed by atoms with Crippen molar-refractivity contribution in [1.82, 2.24) is 0 Å². The van der Waals surface area contributed by atoms with Gasteiger partial charge in [-0.2, -0.15) is 0 Å². The van der Waals surface area contributed by atoms with Crippen LogP contribution in [0.5, 0.6) is 11.5 Å². The lowest BCUT2D eigenvalue weighted by molar-refractivity contribution is -0.146. The van der Waals surface area contributed by atoms with Crippen molar-refractivity contribution in [2.24, 2.45) is 0 Å². The molecule has 0 atom stereocenters. The maximum Gasteiger partial charge on any atom is 0.310 e. The fourth-order valence-corrected chi connectivity index (χ4v) is 2.55. The molecule has 0 aliphatic rings. The van der Waals surface area contributed by atoms with E-state index in [0.29, 0.717) is 22.2 Å². The minimum atomic E-state index is -0.494. The molecule has 3 rings (SSSR count). The molecule has 5 nitrogen and oxygen atoms in total. The van der Waals surface area contributed by atoms with Gasteiger partial charge in [-0.25, -0.2) is 0 Å². The van der Waals surface area contributed by atoms with Crippen LogP contribution in [-0.4, -0.2) is 18.5 Å².